The van der Waals surface area contributed by atoms with Gasteiger partial charge in [-0.05, 0) is 57.8 Å². The van der Waals surface area contributed by atoms with Crippen LogP contribution < -0.4 is 0 Å². The molecule has 0 aromatic carbocycles. The van der Waals surface area contributed by atoms with Gasteiger partial charge in [0.2, 0.25) is 0 Å². The largest absolute Gasteiger partial charge is 0.472 e. The highest BCUT2D eigenvalue weighted by molar-refractivity contribution is 7.47. The summed E-state index contributed by atoms with van der Waals surface area (Å²) < 4.78 is 34.6. The van der Waals surface area contributed by atoms with E-state index in [1.165, 1.54) is 186 Å². The average molecular weight is 1090 g/mol. The normalized spacial score (nSPS) is 13.6. The zero-order valence-corrected chi connectivity index (χ0v) is 51.4. The molecule has 0 aliphatic rings. The second-order valence-corrected chi connectivity index (χ2v) is 24.2. The quantitative estimate of drug-likeness (QED) is 0.0211. The molecule has 0 aliphatic carbocycles. The van der Waals surface area contributed by atoms with Crippen molar-refractivity contribution in [2.75, 3.05) is 47.5 Å². The van der Waals surface area contributed by atoms with E-state index in [0.29, 0.717) is 17.4 Å². The van der Waals surface area contributed by atoms with E-state index in [0.717, 1.165) is 77.0 Å². The summed E-state index contributed by atoms with van der Waals surface area (Å²) in [5.41, 5.74) is 0. The Morgan fingerprint density at radius 3 is 1.12 bits per heavy atom. The van der Waals surface area contributed by atoms with Crippen LogP contribution in [-0.2, 0) is 32.7 Å². The van der Waals surface area contributed by atoms with Crippen molar-refractivity contribution in [2.24, 2.45) is 0 Å². The van der Waals surface area contributed by atoms with E-state index < -0.39 is 26.5 Å². The van der Waals surface area contributed by atoms with Crippen molar-refractivity contribution < 1.29 is 42.1 Å². The monoisotopic (exact) mass is 1090 g/mol. The van der Waals surface area contributed by atoms with E-state index in [9.17, 15) is 19.0 Å². The van der Waals surface area contributed by atoms with Crippen molar-refractivity contribution in [3.8, 4) is 0 Å². The number of phosphoric ester groups is 1. The fourth-order valence-electron chi connectivity index (χ4n) is 9.16. The zero-order chi connectivity index (χ0) is 55.6. The fraction of sp³-hybridized carbons (Fsp3) is 0.818. The second-order valence-electron chi connectivity index (χ2n) is 22.8. The van der Waals surface area contributed by atoms with Gasteiger partial charge in [0.25, 0.3) is 0 Å². The number of unbranched alkanes of at least 4 members (excludes halogenated alkanes) is 35. The molecule has 9 nitrogen and oxygen atoms in total. The Labute approximate surface area is 470 Å². The van der Waals surface area contributed by atoms with Gasteiger partial charge in [-0.15, -0.1) is 0 Å². The molecule has 76 heavy (non-hydrogen) atoms. The van der Waals surface area contributed by atoms with E-state index in [-0.39, 0.29) is 32.0 Å². The molecular formula is C66H123NO8P+. The van der Waals surface area contributed by atoms with Crippen LogP contribution in [0.25, 0.3) is 0 Å². The smallest absolute Gasteiger partial charge is 0.462 e. The van der Waals surface area contributed by atoms with Crippen molar-refractivity contribution in [3.63, 3.8) is 0 Å². The summed E-state index contributed by atoms with van der Waals surface area (Å²) in [5, 5.41) is 0. The predicted octanol–water partition coefficient (Wildman–Crippen LogP) is 20.3. The van der Waals surface area contributed by atoms with Crippen molar-refractivity contribution in [2.45, 2.75) is 302 Å². The number of carbonyl (C=O) groups excluding carboxylic acids is 2. The lowest BCUT2D eigenvalue weighted by Gasteiger charge is -2.24. The van der Waals surface area contributed by atoms with Gasteiger partial charge in [-0.25, -0.2) is 4.57 Å². The molecule has 2 atom stereocenters. The van der Waals surface area contributed by atoms with Crippen LogP contribution in [0.5, 0.6) is 0 Å². The maximum atomic E-state index is 12.8. The van der Waals surface area contributed by atoms with Gasteiger partial charge in [-0.3, -0.25) is 18.6 Å². The van der Waals surface area contributed by atoms with Gasteiger partial charge in [-0.2, -0.15) is 0 Å². The lowest BCUT2D eigenvalue weighted by molar-refractivity contribution is -0.870. The summed E-state index contributed by atoms with van der Waals surface area (Å²) in [6.45, 7) is 4.35. The van der Waals surface area contributed by atoms with E-state index in [4.69, 9.17) is 18.5 Å². The number of carbonyl (C=O) groups is 2. The van der Waals surface area contributed by atoms with Crippen molar-refractivity contribution in [1.82, 2.24) is 0 Å². The van der Waals surface area contributed by atoms with Gasteiger partial charge in [-0.1, -0.05) is 286 Å². The van der Waals surface area contributed by atoms with E-state index in [2.05, 4.69) is 74.6 Å². The van der Waals surface area contributed by atoms with Crippen LogP contribution >= 0.6 is 7.82 Å². The van der Waals surface area contributed by atoms with E-state index in [1.807, 2.05) is 21.1 Å². The summed E-state index contributed by atoms with van der Waals surface area (Å²) in [6, 6.07) is 0. The van der Waals surface area contributed by atoms with Gasteiger partial charge in [0.05, 0.1) is 27.7 Å². The summed E-state index contributed by atoms with van der Waals surface area (Å²) in [4.78, 5) is 35.8. The van der Waals surface area contributed by atoms with Crippen LogP contribution in [0.1, 0.15) is 296 Å². The molecule has 10 heteroatoms. The SMILES string of the molecule is CC/C=C\C/C=C\C/C=C\C/C=C\C/C=C\CCCCCCCCCC(=O)OC(COC(=O)CCCCCCCCCCCCCCCCCCCCCCCCCCCCCCC)COP(=O)(O)OCC[N+](C)(C)C. The first-order valence-corrected chi connectivity index (χ1v) is 33.5. The minimum atomic E-state index is -4.39. The molecular weight excluding hydrogens is 966 g/mol. The molecule has 0 aromatic rings. The summed E-state index contributed by atoms with van der Waals surface area (Å²) >= 11 is 0. The second kappa shape index (κ2) is 57.4. The van der Waals surface area contributed by atoms with Gasteiger partial charge in [0, 0.05) is 12.8 Å². The van der Waals surface area contributed by atoms with Gasteiger partial charge in [0.15, 0.2) is 6.10 Å². The maximum Gasteiger partial charge on any atom is 0.472 e. The van der Waals surface area contributed by atoms with E-state index in [1.54, 1.807) is 0 Å². The number of hydrogen-bond donors (Lipinski definition) is 1. The predicted molar refractivity (Wildman–Crippen MR) is 326 cm³/mol. The third-order valence-corrected chi connectivity index (χ3v) is 15.0. The molecule has 0 saturated carbocycles. The lowest BCUT2D eigenvalue weighted by atomic mass is 10.0. The van der Waals surface area contributed by atoms with Crippen LogP contribution in [0, 0.1) is 0 Å². The Morgan fingerprint density at radius 2 is 0.750 bits per heavy atom. The van der Waals surface area contributed by atoms with Gasteiger partial charge >= 0.3 is 19.8 Å². The molecule has 0 heterocycles. The van der Waals surface area contributed by atoms with Gasteiger partial charge in [0.1, 0.15) is 19.8 Å². The molecule has 0 fully saturated rings. The highest BCUT2D eigenvalue weighted by Gasteiger charge is 2.27. The average Bonchev–Trinajstić information content (AvgIpc) is 3.38. The summed E-state index contributed by atoms with van der Waals surface area (Å²) in [5.74, 6) is -0.799. The minimum absolute atomic E-state index is 0.0285. The maximum absolute atomic E-state index is 12.8. The van der Waals surface area contributed by atoms with Crippen molar-refractivity contribution in [1.29, 1.82) is 0 Å². The molecule has 0 bridgehead atoms. The molecule has 0 spiro atoms. The van der Waals surface area contributed by atoms with Crippen molar-refractivity contribution in [3.05, 3.63) is 60.8 Å². The first kappa shape index (κ1) is 73.7. The molecule has 0 saturated heterocycles. The molecule has 0 aliphatic heterocycles. The highest BCUT2D eigenvalue weighted by Crippen LogP contribution is 2.43. The summed E-state index contributed by atoms with van der Waals surface area (Å²) in [7, 11) is 1.47. The first-order chi connectivity index (χ1) is 37.0. The Bertz CT molecular complexity index is 1470. The number of phosphoric acid groups is 1. The number of ether oxygens (including phenoxy) is 2. The highest BCUT2D eigenvalue weighted by atomic mass is 31.2. The van der Waals surface area contributed by atoms with Crippen LogP contribution in [0.2, 0.25) is 0 Å². The first-order valence-electron chi connectivity index (χ1n) is 32.0. The topological polar surface area (TPSA) is 108 Å². The number of allylic oxidation sites excluding steroid dienone is 10. The van der Waals surface area contributed by atoms with Crippen LogP contribution in [-0.4, -0.2) is 74.9 Å². The van der Waals surface area contributed by atoms with Crippen molar-refractivity contribution >= 4 is 19.8 Å². The van der Waals surface area contributed by atoms with Crippen LogP contribution in [0.3, 0.4) is 0 Å². The minimum Gasteiger partial charge on any atom is -0.462 e. The van der Waals surface area contributed by atoms with Crippen LogP contribution in [0.4, 0.5) is 0 Å². The Morgan fingerprint density at radius 1 is 0.421 bits per heavy atom. The van der Waals surface area contributed by atoms with Crippen LogP contribution in [0.15, 0.2) is 60.8 Å². The number of quaternary nitrogens is 1. The lowest BCUT2D eigenvalue weighted by Crippen LogP contribution is -2.37. The molecule has 2 unspecified atom stereocenters. The Kier molecular flexibility index (Phi) is 55.7. The van der Waals surface area contributed by atoms with Gasteiger partial charge < -0.3 is 18.9 Å². The Balaban J connectivity index is 4.08. The third-order valence-electron chi connectivity index (χ3n) is 14.1. The number of hydrogen-bond acceptors (Lipinski definition) is 7. The molecule has 0 amide bonds. The number of likely N-dealkylation sites (N-methyl/N-ethyl adjacent to an activating group) is 1. The standard InChI is InChI=1S/C66H122NO8P/c1-6-8-10-12-14-16-18-20-22-24-26-28-30-31-32-33-34-35-37-38-40-42-44-46-48-50-52-54-56-58-65(68)72-62-64(63-74-76(70,71)73-61-60-67(3,4)5)75-66(69)59-57-55-53-51-49-47-45-43-41-39-36-29-27-25-23-21-19-17-15-13-11-9-7-2/h9,11,15,17,21,23,27,29,39,41,64H,6-8,10,12-14,16,18-20,22,24-26,28,30-38,40,42-63H2,1-5H3/p+1/b11-9-,17-15-,23-21-,29-27-,41-39-. The number of nitrogens with zero attached hydrogens (tertiary/aromatic N) is 1. The molecule has 1 N–H and O–H groups in total. The molecule has 0 rings (SSSR count). The molecule has 0 radical (unpaired) electrons. The number of rotatable bonds is 59. The molecule has 0 aromatic heterocycles. The summed E-state index contributed by atoms with van der Waals surface area (Å²) in [6.07, 6.45) is 74.5. The zero-order valence-electron chi connectivity index (χ0n) is 50.5. The molecule has 444 valence electrons. The fourth-order valence-corrected chi connectivity index (χ4v) is 9.90. The Hall–Kier alpha value is -2.29. The number of esters is 2. The van der Waals surface area contributed by atoms with E-state index >= 15 is 0 Å². The third kappa shape index (κ3) is 60.9.